The molecule has 2 aromatic carbocycles. The zero-order valence-electron chi connectivity index (χ0n) is 14.7. The molecule has 1 saturated heterocycles. The number of fused-ring (bicyclic) bond motifs is 1. The van der Waals surface area contributed by atoms with Crippen LogP contribution in [0, 0.1) is 0 Å². The van der Waals surface area contributed by atoms with E-state index in [1.54, 1.807) is 0 Å². The number of halogens is 1. The summed E-state index contributed by atoms with van der Waals surface area (Å²) in [6, 6.07) is 16.9. The van der Waals surface area contributed by atoms with Gasteiger partial charge in [-0.05, 0) is 69.2 Å². The summed E-state index contributed by atoms with van der Waals surface area (Å²) in [5.41, 5.74) is 3.81. The van der Waals surface area contributed by atoms with E-state index in [1.165, 1.54) is 56.0 Å². The fourth-order valence-corrected chi connectivity index (χ4v) is 4.24. The summed E-state index contributed by atoms with van der Waals surface area (Å²) in [5, 5.41) is 0.794. The maximum Gasteiger partial charge on any atom is 0.0649 e. The second-order valence-corrected chi connectivity index (χ2v) is 7.45. The molecule has 0 spiro atoms. The third-order valence-electron chi connectivity index (χ3n) is 5.33. The first-order valence-electron chi connectivity index (χ1n) is 9.41. The largest absolute Gasteiger partial charge is 0.368 e. The van der Waals surface area contributed by atoms with Crippen molar-refractivity contribution in [3.05, 3.63) is 53.6 Å². The monoisotopic (exact) mass is 355 g/mol. The van der Waals surface area contributed by atoms with Gasteiger partial charge < -0.3 is 14.7 Å². The second-order valence-electron chi connectivity index (χ2n) is 7.01. The molecule has 0 aliphatic carbocycles. The van der Waals surface area contributed by atoms with Gasteiger partial charge in [0.05, 0.1) is 11.4 Å². The van der Waals surface area contributed by atoms with Gasteiger partial charge in [0.25, 0.3) is 0 Å². The maximum absolute atomic E-state index is 6.21. The lowest BCUT2D eigenvalue weighted by atomic mass is 10.1. The van der Waals surface area contributed by atoms with Crippen molar-refractivity contribution in [1.82, 2.24) is 4.90 Å². The molecule has 0 bridgehead atoms. The van der Waals surface area contributed by atoms with E-state index in [1.807, 2.05) is 12.1 Å². The molecule has 0 N–H and O–H groups in total. The number of benzene rings is 2. The summed E-state index contributed by atoms with van der Waals surface area (Å²) in [5.74, 6) is 0. The second kappa shape index (κ2) is 7.67. The van der Waals surface area contributed by atoms with E-state index in [9.17, 15) is 0 Å². The van der Waals surface area contributed by atoms with E-state index >= 15 is 0 Å². The zero-order valence-corrected chi connectivity index (χ0v) is 15.5. The van der Waals surface area contributed by atoms with Gasteiger partial charge >= 0.3 is 0 Å². The Kier molecular flexibility index (Phi) is 5.14. The van der Waals surface area contributed by atoms with Crippen LogP contribution in [0.25, 0.3) is 0 Å². The Bertz CT molecular complexity index is 712. The van der Waals surface area contributed by atoms with Crippen molar-refractivity contribution in [3.63, 3.8) is 0 Å². The van der Waals surface area contributed by atoms with Crippen LogP contribution in [0.4, 0.5) is 17.1 Å². The molecule has 132 valence electrons. The minimum atomic E-state index is 0.794. The third-order valence-corrected chi connectivity index (χ3v) is 5.56. The fourth-order valence-electron chi connectivity index (χ4n) is 4.06. The minimum Gasteiger partial charge on any atom is -0.368 e. The highest BCUT2D eigenvalue weighted by molar-refractivity contribution is 6.30. The zero-order chi connectivity index (χ0) is 17.1. The molecule has 0 radical (unpaired) electrons. The molecule has 2 aliphatic rings. The number of nitrogens with zero attached hydrogens (tertiary/aromatic N) is 3. The van der Waals surface area contributed by atoms with Crippen molar-refractivity contribution in [2.24, 2.45) is 0 Å². The van der Waals surface area contributed by atoms with Crippen molar-refractivity contribution in [3.8, 4) is 0 Å². The van der Waals surface area contributed by atoms with Crippen molar-refractivity contribution < 1.29 is 0 Å². The molecular weight excluding hydrogens is 330 g/mol. The minimum absolute atomic E-state index is 0.794. The average Bonchev–Trinajstić information content (AvgIpc) is 3.15. The lowest BCUT2D eigenvalue weighted by Gasteiger charge is -2.39. The van der Waals surface area contributed by atoms with Gasteiger partial charge in [0.1, 0.15) is 0 Å². The van der Waals surface area contributed by atoms with E-state index in [2.05, 4.69) is 51.1 Å². The summed E-state index contributed by atoms with van der Waals surface area (Å²) >= 11 is 6.21. The first-order valence-corrected chi connectivity index (χ1v) is 9.78. The van der Waals surface area contributed by atoms with Gasteiger partial charge in [-0.15, -0.1) is 0 Å². The predicted octanol–water partition coefficient (Wildman–Crippen LogP) is 4.78. The van der Waals surface area contributed by atoms with E-state index in [0.717, 1.165) is 24.7 Å². The molecule has 0 saturated carbocycles. The molecule has 0 amide bonds. The highest BCUT2D eigenvalue weighted by Crippen LogP contribution is 2.38. The molecule has 0 aromatic heterocycles. The molecule has 2 aliphatic heterocycles. The molecule has 4 heteroatoms. The Morgan fingerprint density at radius 2 is 1.60 bits per heavy atom. The standard InChI is InChI=1S/C21H26ClN3/c22-18-7-5-8-19(17-18)25-16-15-24(20-9-1-2-10-21(20)25)14-6-13-23-11-3-4-12-23/h1-2,5,7-10,17H,3-4,6,11-16H2. The van der Waals surface area contributed by atoms with Crippen LogP contribution in [-0.2, 0) is 0 Å². The smallest absolute Gasteiger partial charge is 0.0649 e. The van der Waals surface area contributed by atoms with Crippen molar-refractivity contribution in [2.45, 2.75) is 19.3 Å². The van der Waals surface area contributed by atoms with Crippen LogP contribution in [0.2, 0.25) is 5.02 Å². The first-order chi connectivity index (χ1) is 12.3. The summed E-state index contributed by atoms with van der Waals surface area (Å²) in [4.78, 5) is 7.54. The van der Waals surface area contributed by atoms with E-state index in [-0.39, 0.29) is 0 Å². The van der Waals surface area contributed by atoms with Crippen LogP contribution in [0.15, 0.2) is 48.5 Å². The molecule has 25 heavy (non-hydrogen) atoms. The third kappa shape index (κ3) is 3.78. The van der Waals surface area contributed by atoms with Gasteiger partial charge in [-0.3, -0.25) is 0 Å². The summed E-state index contributed by atoms with van der Waals surface area (Å²) in [7, 11) is 0. The molecule has 1 fully saturated rings. The summed E-state index contributed by atoms with van der Waals surface area (Å²) < 4.78 is 0. The molecule has 0 atom stereocenters. The Morgan fingerprint density at radius 1 is 0.800 bits per heavy atom. The molecule has 4 rings (SSSR count). The Hall–Kier alpha value is -1.71. The molecular formula is C21H26ClN3. The van der Waals surface area contributed by atoms with E-state index in [4.69, 9.17) is 11.6 Å². The number of hydrogen-bond donors (Lipinski definition) is 0. The Morgan fingerprint density at radius 3 is 2.40 bits per heavy atom. The first kappa shape index (κ1) is 16.7. The van der Waals surface area contributed by atoms with Gasteiger partial charge in [0.15, 0.2) is 0 Å². The quantitative estimate of drug-likeness (QED) is 0.763. The number of likely N-dealkylation sites (tertiary alicyclic amines) is 1. The van der Waals surface area contributed by atoms with Gasteiger partial charge in [-0.1, -0.05) is 29.8 Å². The molecule has 3 nitrogen and oxygen atoms in total. The topological polar surface area (TPSA) is 9.72 Å². The molecule has 2 aromatic rings. The van der Waals surface area contributed by atoms with Gasteiger partial charge in [0, 0.05) is 30.3 Å². The van der Waals surface area contributed by atoms with Crippen molar-refractivity contribution in [1.29, 1.82) is 0 Å². The molecule has 0 unspecified atom stereocenters. The normalized spacial score (nSPS) is 17.8. The Balaban J connectivity index is 1.48. The van der Waals surface area contributed by atoms with Crippen molar-refractivity contribution in [2.75, 3.05) is 49.1 Å². The Labute approximate surface area is 155 Å². The van der Waals surface area contributed by atoms with Crippen LogP contribution >= 0.6 is 11.6 Å². The number of anilines is 3. The van der Waals surface area contributed by atoms with Crippen LogP contribution < -0.4 is 9.80 Å². The highest BCUT2D eigenvalue weighted by Gasteiger charge is 2.23. The van der Waals surface area contributed by atoms with Crippen LogP contribution in [0.5, 0.6) is 0 Å². The van der Waals surface area contributed by atoms with Crippen LogP contribution in [-0.4, -0.2) is 44.2 Å². The van der Waals surface area contributed by atoms with Crippen LogP contribution in [0.3, 0.4) is 0 Å². The van der Waals surface area contributed by atoms with Gasteiger partial charge in [-0.2, -0.15) is 0 Å². The average molecular weight is 356 g/mol. The van der Waals surface area contributed by atoms with E-state index in [0.29, 0.717) is 0 Å². The van der Waals surface area contributed by atoms with Crippen molar-refractivity contribution >= 4 is 28.7 Å². The molecule has 2 heterocycles. The lowest BCUT2D eigenvalue weighted by molar-refractivity contribution is 0.334. The maximum atomic E-state index is 6.21. The summed E-state index contributed by atoms with van der Waals surface area (Å²) in [6.45, 7) is 7.01. The van der Waals surface area contributed by atoms with E-state index < -0.39 is 0 Å². The SMILES string of the molecule is Clc1cccc(N2CCN(CCCN3CCCC3)c3ccccc32)c1. The number of para-hydroxylation sites is 2. The number of hydrogen-bond acceptors (Lipinski definition) is 3. The fraction of sp³-hybridized carbons (Fsp3) is 0.429. The number of rotatable bonds is 5. The highest BCUT2D eigenvalue weighted by atomic mass is 35.5. The van der Waals surface area contributed by atoms with Gasteiger partial charge in [-0.25, -0.2) is 0 Å². The van der Waals surface area contributed by atoms with Crippen LogP contribution in [0.1, 0.15) is 19.3 Å². The lowest BCUT2D eigenvalue weighted by Crippen LogP contribution is -2.40. The predicted molar refractivity (Wildman–Crippen MR) is 107 cm³/mol. The summed E-state index contributed by atoms with van der Waals surface area (Å²) in [6.07, 6.45) is 3.99. The van der Waals surface area contributed by atoms with Gasteiger partial charge in [0.2, 0.25) is 0 Å².